The van der Waals surface area contributed by atoms with Crippen LogP contribution in [0.15, 0.2) is 24.5 Å². The highest BCUT2D eigenvalue weighted by molar-refractivity contribution is 5.75. The summed E-state index contributed by atoms with van der Waals surface area (Å²) >= 11 is 0. The van der Waals surface area contributed by atoms with Crippen molar-refractivity contribution in [2.45, 2.75) is 26.3 Å². The first-order chi connectivity index (χ1) is 8.33. The van der Waals surface area contributed by atoms with Crippen molar-refractivity contribution in [3.63, 3.8) is 0 Å². The highest BCUT2D eigenvalue weighted by Gasteiger charge is 2.11. The minimum Gasteiger partial charge on any atom is -0.329 e. The molecule has 3 heteroatoms. The molecule has 1 aromatic carbocycles. The molecule has 3 nitrogen and oxygen atoms in total. The van der Waals surface area contributed by atoms with Gasteiger partial charge in [0, 0.05) is 13.1 Å². The molecular weight excluding hydrogens is 210 g/mol. The van der Waals surface area contributed by atoms with Crippen LogP contribution in [0.1, 0.15) is 18.4 Å². The number of fused-ring (bicyclic) bond motifs is 1. The van der Waals surface area contributed by atoms with E-state index in [1.54, 1.807) is 0 Å². The third kappa shape index (κ3) is 2.20. The summed E-state index contributed by atoms with van der Waals surface area (Å²) in [6.45, 7) is 6.88. The molecular formula is C14H19N3. The smallest absolute Gasteiger partial charge is 0.0958 e. The van der Waals surface area contributed by atoms with Gasteiger partial charge in [0.25, 0.3) is 0 Å². The Kier molecular flexibility index (Phi) is 2.85. The van der Waals surface area contributed by atoms with Crippen molar-refractivity contribution >= 4 is 11.0 Å². The van der Waals surface area contributed by atoms with Gasteiger partial charge in [0.05, 0.1) is 17.4 Å². The summed E-state index contributed by atoms with van der Waals surface area (Å²) in [5.74, 6) is 0. The lowest BCUT2D eigenvalue weighted by atomic mass is 10.2. The second-order valence-electron chi connectivity index (χ2n) is 4.98. The molecule has 3 rings (SSSR count). The molecule has 1 aliphatic rings. The van der Waals surface area contributed by atoms with Gasteiger partial charge in [-0.05, 0) is 50.6 Å². The molecule has 0 aliphatic carbocycles. The monoisotopic (exact) mass is 229 g/mol. The minimum absolute atomic E-state index is 1.06. The number of likely N-dealkylation sites (tertiary alicyclic amines) is 1. The number of hydrogen-bond acceptors (Lipinski definition) is 2. The van der Waals surface area contributed by atoms with Crippen molar-refractivity contribution in [3.05, 3.63) is 30.1 Å². The second kappa shape index (κ2) is 4.49. The summed E-state index contributed by atoms with van der Waals surface area (Å²) in [5.41, 5.74) is 3.68. The average molecular weight is 229 g/mol. The largest absolute Gasteiger partial charge is 0.329 e. The number of hydrogen-bond donors (Lipinski definition) is 0. The van der Waals surface area contributed by atoms with E-state index in [9.17, 15) is 0 Å². The Bertz CT molecular complexity index is 509. The van der Waals surface area contributed by atoms with Crippen molar-refractivity contribution in [1.82, 2.24) is 14.5 Å². The number of rotatable bonds is 3. The van der Waals surface area contributed by atoms with Crippen molar-refractivity contribution in [2.75, 3.05) is 19.6 Å². The van der Waals surface area contributed by atoms with Crippen LogP contribution >= 0.6 is 0 Å². The van der Waals surface area contributed by atoms with E-state index in [0.29, 0.717) is 0 Å². The number of aromatic nitrogens is 2. The molecule has 17 heavy (non-hydrogen) atoms. The molecule has 1 saturated heterocycles. The first-order valence-electron chi connectivity index (χ1n) is 6.47. The predicted molar refractivity (Wildman–Crippen MR) is 70.1 cm³/mol. The fourth-order valence-electron chi connectivity index (χ4n) is 2.60. The summed E-state index contributed by atoms with van der Waals surface area (Å²) in [4.78, 5) is 6.99. The number of nitrogens with zero attached hydrogens (tertiary/aromatic N) is 3. The molecule has 90 valence electrons. The van der Waals surface area contributed by atoms with E-state index in [-0.39, 0.29) is 0 Å². The van der Waals surface area contributed by atoms with E-state index >= 15 is 0 Å². The van der Waals surface area contributed by atoms with Crippen LogP contribution in [0.5, 0.6) is 0 Å². The highest BCUT2D eigenvalue weighted by atomic mass is 15.2. The number of benzene rings is 1. The maximum absolute atomic E-state index is 4.45. The second-order valence-corrected chi connectivity index (χ2v) is 4.98. The molecule has 0 saturated carbocycles. The SMILES string of the molecule is Cc1ccc2ncn(CCN3CCCC3)c2c1. The van der Waals surface area contributed by atoms with Crippen molar-refractivity contribution < 1.29 is 0 Å². The average Bonchev–Trinajstić information content (AvgIpc) is 2.94. The van der Waals surface area contributed by atoms with Crippen molar-refractivity contribution in [2.24, 2.45) is 0 Å². The molecule has 0 unspecified atom stereocenters. The van der Waals surface area contributed by atoms with Crippen molar-refractivity contribution in [1.29, 1.82) is 0 Å². The molecule has 1 aromatic heterocycles. The molecule has 0 atom stereocenters. The van der Waals surface area contributed by atoms with Crippen molar-refractivity contribution in [3.8, 4) is 0 Å². The summed E-state index contributed by atoms with van der Waals surface area (Å²) in [5, 5.41) is 0. The maximum Gasteiger partial charge on any atom is 0.0958 e. The number of aryl methyl sites for hydroxylation is 1. The van der Waals surface area contributed by atoms with E-state index in [4.69, 9.17) is 0 Å². The third-order valence-electron chi connectivity index (χ3n) is 3.63. The van der Waals surface area contributed by atoms with Gasteiger partial charge in [-0.2, -0.15) is 0 Å². The fourth-order valence-corrected chi connectivity index (χ4v) is 2.60. The molecule has 1 fully saturated rings. The van der Waals surface area contributed by atoms with E-state index in [1.165, 1.54) is 37.0 Å². The first-order valence-corrected chi connectivity index (χ1v) is 6.47. The Hall–Kier alpha value is -1.35. The molecule has 0 spiro atoms. The van der Waals surface area contributed by atoms with E-state index < -0.39 is 0 Å². The molecule has 2 aromatic rings. The first kappa shape index (κ1) is 10.8. The van der Waals surface area contributed by atoms with Gasteiger partial charge >= 0.3 is 0 Å². The van der Waals surface area contributed by atoms with Crippen LogP contribution in [-0.2, 0) is 6.54 Å². The van der Waals surface area contributed by atoms with Crippen LogP contribution in [0.3, 0.4) is 0 Å². The fraction of sp³-hybridized carbons (Fsp3) is 0.500. The Morgan fingerprint density at radius 2 is 2.00 bits per heavy atom. The van der Waals surface area contributed by atoms with Crippen LogP contribution in [0.25, 0.3) is 11.0 Å². The zero-order chi connectivity index (χ0) is 11.7. The third-order valence-corrected chi connectivity index (χ3v) is 3.63. The molecule has 2 heterocycles. The summed E-state index contributed by atoms with van der Waals surface area (Å²) in [7, 11) is 0. The van der Waals surface area contributed by atoms with Gasteiger partial charge in [0.1, 0.15) is 0 Å². The normalized spacial score (nSPS) is 17.0. The van der Waals surface area contributed by atoms with Crippen LogP contribution in [0, 0.1) is 6.92 Å². The Balaban J connectivity index is 1.77. The van der Waals surface area contributed by atoms with Gasteiger partial charge in [0.15, 0.2) is 0 Å². The van der Waals surface area contributed by atoms with Crippen LogP contribution in [0.2, 0.25) is 0 Å². The summed E-state index contributed by atoms with van der Waals surface area (Å²) in [6.07, 6.45) is 4.70. The maximum atomic E-state index is 4.45. The van der Waals surface area contributed by atoms with E-state index in [1.807, 2.05) is 6.33 Å². The van der Waals surface area contributed by atoms with Gasteiger partial charge in [0.2, 0.25) is 0 Å². The quantitative estimate of drug-likeness (QED) is 0.806. The van der Waals surface area contributed by atoms with Crippen LogP contribution in [0.4, 0.5) is 0 Å². The van der Waals surface area contributed by atoms with E-state index in [2.05, 4.69) is 39.6 Å². The van der Waals surface area contributed by atoms with Gasteiger partial charge in [-0.25, -0.2) is 4.98 Å². The number of imidazole rings is 1. The highest BCUT2D eigenvalue weighted by Crippen LogP contribution is 2.15. The zero-order valence-corrected chi connectivity index (χ0v) is 10.4. The Morgan fingerprint density at radius 3 is 2.82 bits per heavy atom. The Labute approximate surface area is 102 Å². The molecule has 0 amide bonds. The lowest BCUT2D eigenvalue weighted by Gasteiger charge is -2.14. The molecule has 0 radical (unpaired) electrons. The summed E-state index contributed by atoms with van der Waals surface area (Å²) < 4.78 is 2.28. The summed E-state index contributed by atoms with van der Waals surface area (Å²) in [6, 6.07) is 6.46. The van der Waals surface area contributed by atoms with Crippen LogP contribution < -0.4 is 0 Å². The lowest BCUT2D eigenvalue weighted by molar-refractivity contribution is 0.324. The van der Waals surface area contributed by atoms with Gasteiger partial charge in [-0.1, -0.05) is 6.07 Å². The topological polar surface area (TPSA) is 21.1 Å². The van der Waals surface area contributed by atoms with Gasteiger partial charge < -0.3 is 9.47 Å². The van der Waals surface area contributed by atoms with E-state index in [0.717, 1.165) is 18.6 Å². The Morgan fingerprint density at radius 1 is 1.18 bits per heavy atom. The van der Waals surface area contributed by atoms with Crippen LogP contribution in [-0.4, -0.2) is 34.1 Å². The standard InChI is InChI=1S/C14H19N3/c1-12-4-5-13-14(10-12)17(11-15-13)9-8-16-6-2-3-7-16/h4-5,10-11H,2-3,6-9H2,1H3. The molecule has 0 N–H and O–H groups in total. The minimum atomic E-state index is 1.06. The lowest BCUT2D eigenvalue weighted by Crippen LogP contribution is -2.23. The molecule has 1 aliphatic heterocycles. The zero-order valence-electron chi connectivity index (χ0n) is 10.4. The predicted octanol–water partition coefficient (Wildman–Crippen LogP) is 2.44. The van der Waals surface area contributed by atoms with Gasteiger partial charge in [-0.3, -0.25) is 0 Å². The molecule has 0 bridgehead atoms. The van der Waals surface area contributed by atoms with Gasteiger partial charge in [-0.15, -0.1) is 0 Å².